The third-order valence-electron chi connectivity index (χ3n) is 6.56. The van der Waals surface area contributed by atoms with Crippen molar-refractivity contribution in [3.63, 3.8) is 0 Å². The molecule has 4 N–H and O–H groups in total. The van der Waals surface area contributed by atoms with Crippen LogP contribution in [-0.2, 0) is 0 Å². The standard InChI is InChI=1S/C34H28N4O4/c39-31(23-7-3-1-4-8-23)35-27-15-19-29(20-16-27)37-33(41)25-11-13-26(14-12-25)34(42)38-30-21-17-28(18-22-30)36-32(40)24-9-5-2-6-10-24/h1-21,30H,22H2,(H,35,39)(H,36,40)(H,37,41)(H,38,42). The van der Waals surface area contributed by atoms with E-state index in [-0.39, 0.29) is 29.7 Å². The lowest BCUT2D eigenvalue weighted by molar-refractivity contribution is 0.0938. The van der Waals surface area contributed by atoms with Gasteiger partial charge in [-0.1, -0.05) is 48.6 Å². The summed E-state index contributed by atoms with van der Waals surface area (Å²) in [5, 5.41) is 11.4. The summed E-state index contributed by atoms with van der Waals surface area (Å²) in [6.45, 7) is 0. The lowest BCUT2D eigenvalue weighted by Crippen LogP contribution is -2.35. The molecule has 0 aliphatic heterocycles. The molecular formula is C34H28N4O4. The number of carbonyl (C=O) groups excluding carboxylic acids is 4. The van der Waals surface area contributed by atoms with Gasteiger partial charge in [0.2, 0.25) is 0 Å². The number of rotatable bonds is 8. The summed E-state index contributed by atoms with van der Waals surface area (Å²) in [5.74, 6) is -1.00. The van der Waals surface area contributed by atoms with Crippen LogP contribution in [0.4, 0.5) is 11.4 Å². The molecule has 0 saturated carbocycles. The van der Waals surface area contributed by atoms with E-state index in [0.717, 1.165) is 0 Å². The third-order valence-corrected chi connectivity index (χ3v) is 6.56. The number of hydrogen-bond donors (Lipinski definition) is 4. The Morgan fingerprint density at radius 2 is 0.929 bits per heavy atom. The van der Waals surface area contributed by atoms with Crippen LogP contribution in [0.1, 0.15) is 47.9 Å². The predicted octanol–water partition coefficient (Wildman–Crippen LogP) is 5.56. The number of nitrogens with one attached hydrogen (secondary N) is 4. The molecular weight excluding hydrogens is 528 g/mol. The highest BCUT2D eigenvalue weighted by Gasteiger charge is 2.16. The Balaban J connectivity index is 1.09. The second-order valence-corrected chi connectivity index (χ2v) is 9.58. The minimum Gasteiger partial charge on any atom is -0.346 e. The van der Waals surface area contributed by atoms with E-state index in [0.29, 0.717) is 45.7 Å². The van der Waals surface area contributed by atoms with Crippen LogP contribution in [0.5, 0.6) is 0 Å². The summed E-state index contributed by atoms with van der Waals surface area (Å²) in [4.78, 5) is 50.1. The van der Waals surface area contributed by atoms with Gasteiger partial charge in [-0.25, -0.2) is 0 Å². The zero-order valence-electron chi connectivity index (χ0n) is 22.5. The maximum Gasteiger partial charge on any atom is 0.255 e. The molecule has 0 heterocycles. The molecule has 8 heteroatoms. The molecule has 0 fully saturated rings. The SMILES string of the molecule is O=C(NC1=CCC(NC(=O)c2ccc(C(=O)Nc3ccc(NC(=O)c4ccccc4)cc3)cc2)C=C1)c1ccccc1. The molecule has 1 aliphatic carbocycles. The second kappa shape index (κ2) is 13.1. The van der Waals surface area contributed by atoms with Crippen LogP contribution in [0.15, 0.2) is 133 Å². The van der Waals surface area contributed by atoms with Gasteiger partial charge < -0.3 is 21.3 Å². The van der Waals surface area contributed by atoms with Gasteiger partial charge in [0, 0.05) is 39.3 Å². The molecule has 1 atom stereocenters. The van der Waals surface area contributed by atoms with Crippen molar-refractivity contribution in [3.05, 3.63) is 155 Å². The van der Waals surface area contributed by atoms with Gasteiger partial charge in [-0.05, 0) is 85.3 Å². The first-order chi connectivity index (χ1) is 20.4. The van der Waals surface area contributed by atoms with Gasteiger partial charge in [-0.2, -0.15) is 0 Å². The highest BCUT2D eigenvalue weighted by molar-refractivity contribution is 6.06. The van der Waals surface area contributed by atoms with Crippen LogP contribution in [0.3, 0.4) is 0 Å². The van der Waals surface area contributed by atoms with Gasteiger partial charge in [0.05, 0.1) is 6.04 Å². The smallest absolute Gasteiger partial charge is 0.255 e. The average molecular weight is 557 g/mol. The monoisotopic (exact) mass is 556 g/mol. The van der Waals surface area contributed by atoms with Crippen LogP contribution >= 0.6 is 0 Å². The molecule has 0 radical (unpaired) electrons. The maximum atomic E-state index is 12.8. The van der Waals surface area contributed by atoms with Crippen molar-refractivity contribution in [3.8, 4) is 0 Å². The average Bonchev–Trinajstić information content (AvgIpc) is 3.03. The number of carbonyl (C=O) groups is 4. The first kappa shape index (κ1) is 27.8. The van der Waals surface area contributed by atoms with Gasteiger partial charge in [-0.15, -0.1) is 0 Å². The maximum absolute atomic E-state index is 12.8. The third kappa shape index (κ3) is 7.25. The molecule has 8 nitrogen and oxygen atoms in total. The highest BCUT2D eigenvalue weighted by atomic mass is 16.2. The van der Waals surface area contributed by atoms with Gasteiger partial charge in [-0.3, -0.25) is 19.2 Å². The van der Waals surface area contributed by atoms with E-state index < -0.39 is 0 Å². The van der Waals surface area contributed by atoms with E-state index in [1.54, 1.807) is 103 Å². The minimum absolute atomic E-state index is 0.192. The Bertz CT molecular complexity index is 1650. The largest absolute Gasteiger partial charge is 0.346 e. The van der Waals surface area contributed by atoms with E-state index in [9.17, 15) is 19.2 Å². The fourth-order valence-corrected chi connectivity index (χ4v) is 4.27. The summed E-state index contributed by atoms with van der Waals surface area (Å²) in [6, 6.07) is 30.8. The number of amides is 4. The van der Waals surface area contributed by atoms with Gasteiger partial charge in [0.1, 0.15) is 0 Å². The summed E-state index contributed by atoms with van der Waals surface area (Å²) < 4.78 is 0. The topological polar surface area (TPSA) is 116 Å². The molecule has 4 aromatic carbocycles. The molecule has 42 heavy (non-hydrogen) atoms. The van der Waals surface area contributed by atoms with Gasteiger partial charge in [0.25, 0.3) is 23.6 Å². The number of hydrogen-bond acceptors (Lipinski definition) is 4. The zero-order valence-corrected chi connectivity index (χ0v) is 22.5. The zero-order chi connectivity index (χ0) is 29.3. The minimum atomic E-state index is -0.326. The van der Waals surface area contributed by atoms with Crippen molar-refractivity contribution in [2.45, 2.75) is 12.5 Å². The molecule has 0 saturated heterocycles. The molecule has 4 aromatic rings. The Morgan fingerprint density at radius 1 is 0.500 bits per heavy atom. The highest BCUT2D eigenvalue weighted by Crippen LogP contribution is 2.17. The van der Waals surface area contributed by atoms with Crippen LogP contribution in [0.2, 0.25) is 0 Å². The number of benzene rings is 4. The van der Waals surface area contributed by atoms with Crippen LogP contribution in [0, 0.1) is 0 Å². The summed E-state index contributed by atoms with van der Waals surface area (Å²) >= 11 is 0. The van der Waals surface area contributed by atoms with E-state index in [4.69, 9.17) is 0 Å². The van der Waals surface area contributed by atoms with E-state index in [1.807, 2.05) is 24.3 Å². The lowest BCUT2D eigenvalue weighted by atomic mass is 10.1. The quantitative estimate of drug-likeness (QED) is 0.227. The molecule has 1 aliphatic rings. The van der Waals surface area contributed by atoms with Gasteiger partial charge >= 0.3 is 0 Å². The van der Waals surface area contributed by atoms with Crippen molar-refractivity contribution >= 4 is 35.0 Å². The van der Waals surface area contributed by atoms with Crippen molar-refractivity contribution < 1.29 is 19.2 Å². The van der Waals surface area contributed by atoms with E-state index in [1.165, 1.54) is 0 Å². The normalized spacial score (nSPS) is 13.8. The van der Waals surface area contributed by atoms with E-state index in [2.05, 4.69) is 21.3 Å². The molecule has 5 rings (SSSR count). The molecule has 208 valence electrons. The van der Waals surface area contributed by atoms with Gasteiger partial charge in [0.15, 0.2) is 0 Å². The fourth-order valence-electron chi connectivity index (χ4n) is 4.27. The van der Waals surface area contributed by atoms with Crippen molar-refractivity contribution in [1.82, 2.24) is 10.6 Å². The Kier molecular flexibility index (Phi) is 8.64. The van der Waals surface area contributed by atoms with Crippen LogP contribution < -0.4 is 21.3 Å². The van der Waals surface area contributed by atoms with Crippen LogP contribution in [0.25, 0.3) is 0 Å². The summed E-state index contributed by atoms with van der Waals surface area (Å²) in [6.07, 6.45) is 6.00. The number of anilines is 2. The molecule has 1 unspecified atom stereocenters. The van der Waals surface area contributed by atoms with Crippen molar-refractivity contribution in [2.24, 2.45) is 0 Å². The Labute approximate surface area is 243 Å². The molecule has 0 bridgehead atoms. The predicted molar refractivity (Wildman–Crippen MR) is 162 cm³/mol. The molecule has 0 aromatic heterocycles. The van der Waals surface area contributed by atoms with Crippen molar-refractivity contribution in [1.29, 1.82) is 0 Å². The number of allylic oxidation sites excluding steroid dienone is 1. The summed E-state index contributed by atoms with van der Waals surface area (Å²) in [5.41, 5.74) is 3.79. The Morgan fingerprint density at radius 3 is 1.38 bits per heavy atom. The first-order valence-corrected chi connectivity index (χ1v) is 13.4. The first-order valence-electron chi connectivity index (χ1n) is 13.4. The second-order valence-electron chi connectivity index (χ2n) is 9.58. The molecule has 4 amide bonds. The fraction of sp³-hybridized carbons (Fsp3) is 0.0588. The van der Waals surface area contributed by atoms with Crippen LogP contribution in [-0.4, -0.2) is 29.7 Å². The molecule has 0 spiro atoms. The lowest BCUT2D eigenvalue weighted by Gasteiger charge is -2.18. The van der Waals surface area contributed by atoms with Crippen molar-refractivity contribution in [2.75, 3.05) is 10.6 Å². The summed E-state index contributed by atoms with van der Waals surface area (Å²) in [7, 11) is 0. The van der Waals surface area contributed by atoms with E-state index >= 15 is 0 Å². The Hall–Kier alpha value is -5.76.